The van der Waals surface area contributed by atoms with Crippen molar-refractivity contribution >= 4 is 47.6 Å². The normalized spacial score (nSPS) is 26.2. The highest BCUT2D eigenvalue weighted by molar-refractivity contribution is 8.01. The number of anilines is 1. The first-order valence-corrected chi connectivity index (χ1v) is 8.46. The van der Waals surface area contributed by atoms with Gasteiger partial charge in [-0.05, 0) is 25.5 Å². The highest BCUT2D eigenvalue weighted by atomic mass is 35.5. The quantitative estimate of drug-likeness (QED) is 0.523. The Labute approximate surface area is 155 Å². The Morgan fingerprint density at radius 2 is 2.00 bits per heavy atom. The lowest BCUT2D eigenvalue weighted by Crippen LogP contribution is -2.70. The predicted molar refractivity (Wildman–Crippen MR) is 97.5 cm³/mol. The Bertz CT molecular complexity index is 727. The zero-order chi connectivity index (χ0) is 17.6. The number of hydrogen-bond acceptors (Lipinski definition) is 5. The first kappa shape index (κ1) is 19.4. The summed E-state index contributed by atoms with van der Waals surface area (Å²) in [5, 5.41) is 11.7. The largest absolute Gasteiger partial charge is 0.480 e. The SMILES string of the molecule is CC1(C)S[C@@H]2C(NC(=O)Cc3ccccc3N)C(=O)N2[C@H]1C(=O)O.Cl. The smallest absolute Gasteiger partial charge is 0.327 e. The van der Waals surface area contributed by atoms with E-state index in [0.717, 1.165) is 0 Å². The molecule has 2 heterocycles. The summed E-state index contributed by atoms with van der Waals surface area (Å²) >= 11 is 1.40. The minimum Gasteiger partial charge on any atom is -0.480 e. The van der Waals surface area contributed by atoms with Gasteiger partial charge in [-0.1, -0.05) is 18.2 Å². The number of nitrogen functional groups attached to an aromatic ring is 1. The summed E-state index contributed by atoms with van der Waals surface area (Å²) in [6, 6.07) is 5.49. The van der Waals surface area contributed by atoms with E-state index < -0.39 is 22.8 Å². The molecule has 3 rings (SSSR count). The van der Waals surface area contributed by atoms with Gasteiger partial charge < -0.3 is 21.1 Å². The summed E-state index contributed by atoms with van der Waals surface area (Å²) in [5.74, 6) is -1.67. The van der Waals surface area contributed by atoms with Crippen molar-refractivity contribution in [1.29, 1.82) is 0 Å². The molecule has 0 radical (unpaired) electrons. The summed E-state index contributed by atoms with van der Waals surface area (Å²) in [7, 11) is 0. The van der Waals surface area contributed by atoms with E-state index in [-0.39, 0.29) is 36.0 Å². The van der Waals surface area contributed by atoms with Gasteiger partial charge in [-0.3, -0.25) is 9.59 Å². The number of rotatable bonds is 4. The molecule has 2 fully saturated rings. The number of carboxylic acid groups (broad SMARTS) is 1. The molecule has 2 amide bonds. The van der Waals surface area contributed by atoms with Crippen molar-refractivity contribution in [3.8, 4) is 0 Å². The van der Waals surface area contributed by atoms with Crippen molar-refractivity contribution in [1.82, 2.24) is 10.2 Å². The minimum absolute atomic E-state index is 0. The molecule has 0 bridgehead atoms. The number of benzene rings is 1. The van der Waals surface area contributed by atoms with E-state index in [1.807, 2.05) is 0 Å². The summed E-state index contributed by atoms with van der Waals surface area (Å²) in [6.07, 6.45) is 0.0829. The van der Waals surface area contributed by atoms with Crippen LogP contribution in [0.3, 0.4) is 0 Å². The lowest BCUT2D eigenvalue weighted by atomic mass is 9.96. The molecule has 2 aliphatic heterocycles. The Kier molecular flexibility index (Phi) is 5.24. The molecule has 0 aliphatic carbocycles. The number of nitrogens with zero attached hydrogens (tertiary/aromatic N) is 1. The van der Waals surface area contributed by atoms with Crippen LogP contribution in [0.4, 0.5) is 5.69 Å². The molecule has 2 saturated heterocycles. The van der Waals surface area contributed by atoms with Crippen molar-refractivity contribution in [3.63, 3.8) is 0 Å². The third-order valence-corrected chi connectivity index (χ3v) is 5.97. The van der Waals surface area contributed by atoms with Gasteiger partial charge in [-0.25, -0.2) is 4.79 Å². The van der Waals surface area contributed by atoms with Gasteiger partial charge in [0.15, 0.2) is 0 Å². The molecule has 4 N–H and O–H groups in total. The highest BCUT2D eigenvalue weighted by Crippen LogP contribution is 2.50. The van der Waals surface area contributed by atoms with Crippen LogP contribution in [0.25, 0.3) is 0 Å². The number of fused-ring (bicyclic) bond motifs is 1. The molecule has 1 aromatic rings. The van der Waals surface area contributed by atoms with Crippen LogP contribution in [0.15, 0.2) is 24.3 Å². The van der Waals surface area contributed by atoms with E-state index in [0.29, 0.717) is 11.3 Å². The van der Waals surface area contributed by atoms with Gasteiger partial charge in [0, 0.05) is 10.4 Å². The molecule has 0 saturated carbocycles. The molecular formula is C16H20ClN3O4S. The summed E-state index contributed by atoms with van der Waals surface area (Å²) < 4.78 is -0.602. The van der Waals surface area contributed by atoms with Crippen molar-refractivity contribution in [2.75, 3.05) is 5.73 Å². The van der Waals surface area contributed by atoms with Crippen molar-refractivity contribution < 1.29 is 19.5 Å². The maximum absolute atomic E-state index is 12.3. The Morgan fingerprint density at radius 1 is 1.36 bits per heavy atom. The van der Waals surface area contributed by atoms with Crippen LogP contribution in [0.5, 0.6) is 0 Å². The molecule has 1 unspecified atom stereocenters. The minimum atomic E-state index is -1.02. The third-order valence-electron chi connectivity index (χ3n) is 4.40. The summed E-state index contributed by atoms with van der Waals surface area (Å²) in [6.45, 7) is 3.59. The molecule has 2 aliphatic rings. The van der Waals surface area contributed by atoms with Crippen molar-refractivity contribution in [2.24, 2.45) is 0 Å². The van der Waals surface area contributed by atoms with E-state index in [1.165, 1.54) is 16.7 Å². The number of amides is 2. The predicted octanol–water partition coefficient (Wildman–Crippen LogP) is 0.865. The van der Waals surface area contributed by atoms with Gasteiger partial charge in [0.2, 0.25) is 11.8 Å². The fourth-order valence-corrected chi connectivity index (χ4v) is 4.86. The fourth-order valence-electron chi connectivity index (χ4n) is 3.24. The Morgan fingerprint density at radius 3 is 2.60 bits per heavy atom. The van der Waals surface area contributed by atoms with E-state index in [1.54, 1.807) is 38.1 Å². The standard InChI is InChI=1S/C16H19N3O4S.ClH/c1-16(2)12(15(22)23)19-13(21)11(14(19)24-16)18-10(20)7-8-5-3-4-6-9(8)17;/h3-6,11-12,14H,7,17H2,1-2H3,(H,18,20)(H,22,23);1H/t11?,12-,14+;/m0./s1. The van der Waals surface area contributed by atoms with Gasteiger partial charge in [-0.15, -0.1) is 24.2 Å². The number of para-hydroxylation sites is 1. The molecule has 136 valence electrons. The number of thioether (sulfide) groups is 1. The first-order valence-electron chi connectivity index (χ1n) is 7.58. The van der Waals surface area contributed by atoms with Crippen LogP contribution in [0.1, 0.15) is 19.4 Å². The monoisotopic (exact) mass is 385 g/mol. The molecule has 25 heavy (non-hydrogen) atoms. The number of β-lactam (4-membered cyclic amide) rings is 1. The van der Waals surface area contributed by atoms with Gasteiger partial charge in [0.1, 0.15) is 17.5 Å². The number of halogens is 1. The number of hydrogen-bond donors (Lipinski definition) is 3. The zero-order valence-corrected chi connectivity index (χ0v) is 15.4. The Hall–Kier alpha value is -1.93. The van der Waals surface area contributed by atoms with E-state index in [9.17, 15) is 19.5 Å². The number of carbonyl (C=O) groups is 3. The Balaban J connectivity index is 0.00000225. The average Bonchev–Trinajstić information content (AvgIpc) is 2.76. The second kappa shape index (κ2) is 6.76. The molecule has 0 aromatic heterocycles. The van der Waals surface area contributed by atoms with Crippen LogP contribution < -0.4 is 11.1 Å². The number of carboxylic acids is 1. The number of aliphatic carboxylic acids is 1. The van der Waals surface area contributed by atoms with E-state index in [2.05, 4.69) is 5.32 Å². The van der Waals surface area contributed by atoms with E-state index in [4.69, 9.17) is 5.73 Å². The zero-order valence-electron chi connectivity index (χ0n) is 13.8. The molecule has 7 nitrogen and oxygen atoms in total. The maximum atomic E-state index is 12.3. The molecule has 1 aromatic carbocycles. The number of nitrogens with one attached hydrogen (secondary N) is 1. The highest BCUT2D eigenvalue weighted by Gasteiger charge is 2.64. The summed E-state index contributed by atoms with van der Waals surface area (Å²) in [5.41, 5.74) is 7.04. The van der Waals surface area contributed by atoms with Crippen LogP contribution in [-0.2, 0) is 20.8 Å². The van der Waals surface area contributed by atoms with Crippen LogP contribution in [0.2, 0.25) is 0 Å². The molecule has 3 atom stereocenters. The average molecular weight is 386 g/mol. The van der Waals surface area contributed by atoms with Crippen molar-refractivity contribution in [2.45, 2.75) is 42.5 Å². The third kappa shape index (κ3) is 3.28. The number of carbonyl (C=O) groups excluding carboxylic acids is 2. The van der Waals surface area contributed by atoms with Crippen LogP contribution in [-0.4, -0.2) is 50.0 Å². The number of nitrogens with two attached hydrogens (primary N) is 1. The van der Waals surface area contributed by atoms with Gasteiger partial charge in [-0.2, -0.15) is 0 Å². The lowest BCUT2D eigenvalue weighted by Gasteiger charge is -2.43. The summed E-state index contributed by atoms with van der Waals surface area (Å²) in [4.78, 5) is 37.3. The molecular weight excluding hydrogens is 366 g/mol. The maximum Gasteiger partial charge on any atom is 0.327 e. The van der Waals surface area contributed by atoms with Gasteiger partial charge >= 0.3 is 5.97 Å². The lowest BCUT2D eigenvalue weighted by molar-refractivity contribution is -0.161. The van der Waals surface area contributed by atoms with Crippen LogP contribution >= 0.6 is 24.2 Å². The second-order valence-electron chi connectivity index (χ2n) is 6.52. The second-order valence-corrected chi connectivity index (χ2v) is 8.29. The van der Waals surface area contributed by atoms with E-state index >= 15 is 0 Å². The van der Waals surface area contributed by atoms with Gasteiger partial charge in [0.25, 0.3) is 0 Å². The fraction of sp³-hybridized carbons (Fsp3) is 0.438. The topological polar surface area (TPSA) is 113 Å². The molecule has 0 spiro atoms. The first-order chi connectivity index (χ1) is 11.2. The van der Waals surface area contributed by atoms with Crippen molar-refractivity contribution in [3.05, 3.63) is 29.8 Å². The molecule has 9 heteroatoms. The van der Waals surface area contributed by atoms with Crippen LogP contribution in [0, 0.1) is 0 Å². The van der Waals surface area contributed by atoms with Gasteiger partial charge in [0.05, 0.1) is 6.42 Å².